The van der Waals surface area contributed by atoms with Crippen LogP contribution in [0.25, 0.3) is 11.1 Å². The summed E-state index contributed by atoms with van der Waals surface area (Å²) in [4.78, 5) is 35.4. The summed E-state index contributed by atoms with van der Waals surface area (Å²) in [6, 6.07) is 22.9. The smallest absolute Gasteiger partial charge is 0.411 e. The van der Waals surface area contributed by atoms with E-state index in [1.54, 1.807) is 24.3 Å². The zero-order valence-electron chi connectivity index (χ0n) is 18.6. The molecule has 0 unspecified atom stereocenters. The average Bonchev–Trinajstić information content (AvgIpc) is 3.16. The number of hydrogen-bond donors (Lipinski definition) is 3. The number of fused-ring (bicyclic) bond motifs is 3. The van der Waals surface area contributed by atoms with Gasteiger partial charge in [-0.15, -0.1) is 0 Å². The molecule has 3 aromatic rings. The second kappa shape index (κ2) is 10.7. The second-order valence-electron chi connectivity index (χ2n) is 8.14. The van der Waals surface area contributed by atoms with Crippen LogP contribution in [-0.4, -0.2) is 36.2 Å². The summed E-state index contributed by atoms with van der Waals surface area (Å²) in [5.74, 6) is -1.17. The maximum Gasteiger partial charge on any atom is 0.411 e. The Labute approximate surface area is 197 Å². The SMILES string of the molecule is O=C(O)CCCCNC(=O)c1cccc(NC(=O)OCC2c3ccccc3-c3ccccc32)c1. The van der Waals surface area contributed by atoms with E-state index in [1.165, 1.54) is 0 Å². The molecule has 4 rings (SSSR count). The Kier molecular flexibility index (Phi) is 7.22. The molecule has 0 bridgehead atoms. The highest BCUT2D eigenvalue weighted by molar-refractivity contribution is 5.96. The highest BCUT2D eigenvalue weighted by atomic mass is 16.5. The van der Waals surface area contributed by atoms with Crippen molar-refractivity contribution < 1.29 is 24.2 Å². The van der Waals surface area contributed by atoms with Crippen LogP contribution in [0.1, 0.15) is 46.7 Å². The number of benzene rings is 3. The molecule has 0 heterocycles. The molecule has 0 saturated carbocycles. The number of carbonyl (C=O) groups is 3. The van der Waals surface area contributed by atoms with Crippen molar-refractivity contribution in [3.05, 3.63) is 89.5 Å². The lowest BCUT2D eigenvalue weighted by Crippen LogP contribution is -2.24. The lowest BCUT2D eigenvalue weighted by molar-refractivity contribution is -0.137. The van der Waals surface area contributed by atoms with Gasteiger partial charge in [0, 0.05) is 30.1 Å². The molecule has 7 heteroatoms. The number of hydrogen-bond acceptors (Lipinski definition) is 4. The van der Waals surface area contributed by atoms with Crippen molar-refractivity contribution >= 4 is 23.7 Å². The van der Waals surface area contributed by atoms with Gasteiger partial charge in [0.15, 0.2) is 0 Å². The predicted octanol–water partition coefficient (Wildman–Crippen LogP) is 5.03. The third kappa shape index (κ3) is 5.43. The zero-order valence-corrected chi connectivity index (χ0v) is 18.6. The molecular weight excluding hydrogens is 432 g/mol. The van der Waals surface area contributed by atoms with Crippen LogP contribution >= 0.6 is 0 Å². The summed E-state index contributed by atoms with van der Waals surface area (Å²) in [6.07, 6.45) is 0.567. The Morgan fingerprint density at radius 2 is 1.53 bits per heavy atom. The highest BCUT2D eigenvalue weighted by Crippen LogP contribution is 2.44. The number of rotatable bonds is 9. The van der Waals surface area contributed by atoms with Crippen molar-refractivity contribution in [1.29, 1.82) is 0 Å². The first-order valence-corrected chi connectivity index (χ1v) is 11.2. The van der Waals surface area contributed by atoms with E-state index in [0.717, 1.165) is 22.3 Å². The van der Waals surface area contributed by atoms with Crippen LogP contribution < -0.4 is 10.6 Å². The summed E-state index contributed by atoms with van der Waals surface area (Å²) < 4.78 is 5.56. The molecule has 0 saturated heterocycles. The van der Waals surface area contributed by atoms with Crippen LogP contribution in [0, 0.1) is 0 Å². The van der Waals surface area contributed by atoms with Crippen molar-refractivity contribution in [3.8, 4) is 11.1 Å². The molecule has 0 radical (unpaired) electrons. The maximum atomic E-state index is 12.5. The molecule has 0 aromatic heterocycles. The van der Waals surface area contributed by atoms with Gasteiger partial charge in [-0.2, -0.15) is 0 Å². The standard InChI is InChI=1S/C27H26N2O5/c30-25(31)14-5-6-15-28-26(32)18-8-7-9-19(16-18)29-27(33)34-17-24-22-12-3-1-10-20(22)21-11-2-4-13-23(21)24/h1-4,7-13,16,24H,5-6,14-15,17H2,(H,28,32)(H,29,33)(H,30,31). The Bertz CT molecular complexity index is 1160. The minimum atomic E-state index is -0.849. The monoisotopic (exact) mass is 458 g/mol. The van der Waals surface area contributed by atoms with Crippen LogP contribution in [0.4, 0.5) is 10.5 Å². The fraction of sp³-hybridized carbons (Fsp3) is 0.222. The van der Waals surface area contributed by atoms with Crippen LogP contribution in [-0.2, 0) is 9.53 Å². The topological polar surface area (TPSA) is 105 Å². The number of aliphatic carboxylic acids is 1. The number of amides is 2. The van der Waals surface area contributed by atoms with Gasteiger partial charge >= 0.3 is 12.1 Å². The minimum Gasteiger partial charge on any atom is -0.481 e. The van der Waals surface area contributed by atoms with E-state index >= 15 is 0 Å². The van der Waals surface area contributed by atoms with E-state index in [0.29, 0.717) is 30.6 Å². The molecule has 3 aromatic carbocycles. The first-order chi connectivity index (χ1) is 16.5. The fourth-order valence-corrected chi connectivity index (χ4v) is 4.20. The normalized spacial score (nSPS) is 11.9. The van der Waals surface area contributed by atoms with Crippen LogP contribution in [0.15, 0.2) is 72.8 Å². The number of unbranched alkanes of at least 4 members (excludes halogenated alkanes) is 1. The molecule has 7 nitrogen and oxygen atoms in total. The van der Waals surface area contributed by atoms with E-state index in [-0.39, 0.29) is 24.9 Å². The number of carboxylic acids is 1. The lowest BCUT2D eigenvalue weighted by Gasteiger charge is -2.15. The van der Waals surface area contributed by atoms with Crippen molar-refractivity contribution in [2.24, 2.45) is 0 Å². The third-order valence-corrected chi connectivity index (χ3v) is 5.82. The number of anilines is 1. The molecular formula is C27H26N2O5. The largest absolute Gasteiger partial charge is 0.481 e. The van der Waals surface area contributed by atoms with Crippen molar-refractivity contribution in [2.45, 2.75) is 25.2 Å². The van der Waals surface area contributed by atoms with Gasteiger partial charge < -0.3 is 15.2 Å². The van der Waals surface area contributed by atoms with Gasteiger partial charge in [0.05, 0.1) is 0 Å². The number of nitrogens with one attached hydrogen (secondary N) is 2. The summed E-state index contributed by atoms with van der Waals surface area (Å²) in [5.41, 5.74) is 5.45. The molecule has 0 aliphatic heterocycles. The number of carboxylic acid groups (broad SMARTS) is 1. The van der Waals surface area contributed by atoms with Crippen LogP contribution in [0.3, 0.4) is 0 Å². The Balaban J connectivity index is 1.32. The second-order valence-corrected chi connectivity index (χ2v) is 8.14. The van der Waals surface area contributed by atoms with Crippen molar-refractivity contribution in [1.82, 2.24) is 5.32 Å². The summed E-state index contributed by atoms with van der Waals surface area (Å²) in [5, 5.41) is 14.1. The van der Waals surface area contributed by atoms with Gasteiger partial charge in [-0.1, -0.05) is 54.6 Å². The molecule has 0 spiro atoms. The fourth-order valence-electron chi connectivity index (χ4n) is 4.20. The lowest BCUT2D eigenvalue weighted by atomic mass is 9.98. The Morgan fingerprint density at radius 1 is 0.853 bits per heavy atom. The molecule has 1 aliphatic rings. The summed E-state index contributed by atoms with van der Waals surface area (Å²) in [7, 11) is 0. The molecule has 2 amide bonds. The van der Waals surface area contributed by atoms with Crippen LogP contribution in [0.5, 0.6) is 0 Å². The van der Waals surface area contributed by atoms with E-state index in [4.69, 9.17) is 9.84 Å². The quantitative estimate of drug-likeness (QED) is 0.390. The number of ether oxygens (including phenoxy) is 1. The van der Waals surface area contributed by atoms with Gasteiger partial charge in [-0.05, 0) is 53.3 Å². The van der Waals surface area contributed by atoms with Gasteiger partial charge in [0.1, 0.15) is 6.61 Å². The van der Waals surface area contributed by atoms with Gasteiger partial charge in [-0.3, -0.25) is 14.9 Å². The maximum absolute atomic E-state index is 12.5. The first-order valence-electron chi connectivity index (χ1n) is 11.2. The van der Waals surface area contributed by atoms with E-state index < -0.39 is 12.1 Å². The minimum absolute atomic E-state index is 0.0311. The van der Waals surface area contributed by atoms with Crippen molar-refractivity contribution in [2.75, 3.05) is 18.5 Å². The zero-order chi connectivity index (χ0) is 23.9. The highest BCUT2D eigenvalue weighted by Gasteiger charge is 2.29. The summed E-state index contributed by atoms with van der Waals surface area (Å²) >= 11 is 0. The average molecular weight is 459 g/mol. The van der Waals surface area contributed by atoms with E-state index in [2.05, 4.69) is 34.9 Å². The molecule has 0 atom stereocenters. The van der Waals surface area contributed by atoms with E-state index in [9.17, 15) is 14.4 Å². The van der Waals surface area contributed by atoms with Gasteiger partial charge in [0.25, 0.3) is 5.91 Å². The Morgan fingerprint density at radius 3 is 2.21 bits per heavy atom. The van der Waals surface area contributed by atoms with E-state index in [1.807, 2.05) is 24.3 Å². The van der Waals surface area contributed by atoms with Gasteiger partial charge in [0.2, 0.25) is 0 Å². The van der Waals surface area contributed by atoms with Gasteiger partial charge in [-0.25, -0.2) is 4.79 Å². The third-order valence-electron chi connectivity index (χ3n) is 5.82. The molecule has 34 heavy (non-hydrogen) atoms. The molecule has 3 N–H and O–H groups in total. The Hall–Kier alpha value is -4.13. The predicted molar refractivity (Wildman–Crippen MR) is 129 cm³/mol. The number of carbonyl (C=O) groups excluding carboxylic acids is 2. The van der Waals surface area contributed by atoms with Crippen LogP contribution in [0.2, 0.25) is 0 Å². The molecule has 1 aliphatic carbocycles. The first kappa shape index (κ1) is 23.0. The summed E-state index contributed by atoms with van der Waals surface area (Å²) in [6.45, 7) is 0.590. The van der Waals surface area contributed by atoms with Crippen molar-refractivity contribution in [3.63, 3.8) is 0 Å². The molecule has 0 fully saturated rings. The molecule has 174 valence electrons.